The van der Waals surface area contributed by atoms with Crippen molar-refractivity contribution < 1.29 is 13.5 Å². The number of hydrogen-bond acceptors (Lipinski definition) is 3. The summed E-state index contributed by atoms with van der Waals surface area (Å²) in [7, 11) is 0. The monoisotopic (exact) mass is 390 g/mol. The lowest BCUT2D eigenvalue weighted by Crippen LogP contribution is -2.08. The Hall–Kier alpha value is -2.04. The van der Waals surface area contributed by atoms with Crippen LogP contribution in [0, 0.1) is 5.82 Å². The number of halogens is 2. The summed E-state index contributed by atoms with van der Waals surface area (Å²) < 4.78 is 33.1. The molecule has 5 heteroatoms. The fourth-order valence-corrected chi connectivity index (χ4v) is 3.08. The first-order chi connectivity index (χ1) is 13.6. The molecule has 1 aromatic heterocycles. The lowest BCUT2D eigenvalue weighted by atomic mass is 10.1. The predicted octanol–water partition coefficient (Wildman–Crippen LogP) is 6.70. The molecule has 1 unspecified atom stereocenters. The van der Waals surface area contributed by atoms with Crippen molar-refractivity contribution >= 4 is 0 Å². The van der Waals surface area contributed by atoms with E-state index in [2.05, 4.69) is 16.9 Å². The van der Waals surface area contributed by atoms with E-state index in [1.807, 2.05) is 19.3 Å². The Morgan fingerprint density at radius 1 is 0.964 bits per heavy atom. The second-order valence-corrected chi connectivity index (χ2v) is 7.25. The van der Waals surface area contributed by atoms with Gasteiger partial charge < -0.3 is 4.74 Å². The lowest BCUT2D eigenvalue weighted by Gasteiger charge is -2.10. The van der Waals surface area contributed by atoms with Crippen molar-refractivity contribution in [3.05, 3.63) is 42.0 Å². The second kappa shape index (κ2) is 12.4. The first-order valence-corrected chi connectivity index (χ1v) is 10.5. The molecule has 0 fully saturated rings. The molecule has 1 atom stereocenters. The molecule has 0 N–H and O–H groups in total. The van der Waals surface area contributed by atoms with Gasteiger partial charge in [-0.25, -0.2) is 18.7 Å². The molecule has 3 nitrogen and oxygen atoms in total. The Kier molecular flexibility index (Phi) is 9.87. The van der Waals surface area contributed by atoms with E-state index in [9.17, 15) is 8.78 Å². The first kappa shape index (κ1) is 22.3. The van der Waals surface area contributed by atoms with E-state index in [-0.39, 0.29) is 18.8 Å². The SMILES string of the molecule is CCCCCCCc1cnc(-c2ccc(OCCC(F)CCC)c(F)c2)nc1. The average Bonchev–Trinajstić information content (AvgIpc) is 2.70. The highest BCUT2D eigenvalue weighted by molar-refractivity contribution is 5.56. The van der Waals surface area contributed by atoms with E-state index >= 15 is 0 Å². The molecule has 0 amide bonds. The molecule has 0 saturated heterocycles. The number of ether oxygens (including phenoxy) is 1. The van der Waals surface area contributed by atoms with Gasteiger partial charge >= 0.3 is 0 Å². The number of benzene rings is 1. The Labute approximate surface area is 167 Å². The number of unbranched alkanes of at least 4 members (excludes halogenated alkanes) is 4. The van der Waals surface area contributed by atoms with Crippen LogP contribution in [0.4, 0.5) is 8.78 Å². The van der Waals surface area contributed by atoms with E-state index in [0.29, 0.717) is 17.8 Å². The van der Waals surface area contributed by atoms with E-state index in [1.54, 1.807) is 12.1 Å². The molecule has 1 aromatic carbocycles. The van der Waals surface area contributed by atoms with Crippen LogP contribution in [0.2, 0.25) is 0 Å². The largest absolute Gasteiger partial charge is 0.490 e. The van der Waals surface area contributed by atoms with Crippen molar-refractivity contribution in [2.24, 2.45) is 0 Å². The minimum atomic E-state index is -0.897. The molecule has 1 heterocycles. The first-order valence-electron chi connectivity index (χ1n) is 10.5. The van der Waals surface area contributed by atoms with Gasteiger partial charge in [0.15, 0.2) is 17.4 Å². The van der Waals surface area contributed by atoms with Crippen molar-refractivity contribution in [2.45, 2.75) is 77.8 Å². The Bertz CT molecular complexity index is 692. The normalized spacial score (nSPS) is 12.1. The Morgan fingerprint density at radius 2 is 1.71 bits per heavy atom. The highest BCUT2D eigenvalue weighted by Crippen LogP contribution is 2.24. The molecular formula is C23H32F2N2O. The average molecular weight is 391 g/mol. The molecular weight excluding hydrogens is 358 g/mol. The van der Waals surface area contributed by atoms with E-state index in [1.165, 1.54) is 31.7 Å². The molecule has 0 aliphatic rings. The summed E-state index contributed by atoms with van der Waals surface area (Å²) in [4.78, 5) is 8.74. The summed E-state index contributed by atoms with van der Waals surface area (Å²) in [6, 6.07) is 4.66. The third-order valence-electron chi connectivity index (χ3n) is 4.75. The minimum Gasteiger partial charge on any atom is -0.490 e. The smallest absolute Gasteiger partial charge is 0.165 e. The molecule has 0 spiro atoms. The van der Waals surface area contributed by atoms with Crippen LogP contribution in [-0.4, -0.2) is 22.7 Å². The zero-order chi connectivity index (χ0) is 20.2. The maximum Gasteiger partial charge on any atom is 0.165 e. The van der Waals surface area contributed by atoms with Gasteiger partial charge in [-0.3, -0.25) is 0 Å². The number of hydrogen-bond donors (Lipinski definition) is 0. The highest BCUT2D eigenvalue weighted by Gasteiger charge is 2.10. The van der Waals surface area contributed by atoms with Gasteiger partial charge in [0.1, 0.15) is 6.17 Å². The van der Waals surface area contributed by atoms with Gasteiger partial charge in [0.25, 0.3) is 0 Å². The molecule has 0 aliphatic heterocycles. The second-order valence-electron chi connectivity index (χ2n) is 7.25. The summed E-state index contributed by atoms with van der Waals surface area (Å²) in [6.07, 6.45) is 11.5. The van der Waals surface area contributed by atoms with E-state index in [0.717, 1.165) is 24.8 Å². The van der Waals surface area contributed by atoms with Crippen molar-refractivity contribution in [2.75, 3.05) is 6.61 Å². The van der Waals surface area contributed by atoms with Gasteiger partial charge in [-0.05, 0) is 43.0 Å². The van der Waals surface area contributed by atoms with Gasteiger partial charge in [-0.1, -0.05) is 46.0 Å². The number of rotatable bonds is 13. The molecule has 2 aromatic rings. The van der Waals surface area contributed by atoms with Gasteiger partial charge in [0.2, 0.25) is 0 Å². The van der Waals surface area contributed by atoms with E-state index in [4.69, 9.17) is 4.74 Å². The van der Waals surface area contributed by atoms with Crippen LogP contribution in [0.5, 0.6) is 5.75 Å². The molecule has 2 rings (SSSR count). The third-order valence-corrected chi connectivity index (χ3v) is 4.75. The quantitative estimate of drug-likeness (QED) is 0.357. The van der Waals surface area contributed by atoms with E-state index < -0.39 is 12.0 Å². The van der Waals surface area contributed by atoms with Crippen molar-refractivity contribution in [3.8, 4) is 17.1 Å². The van der Waals surface area contributed by atoms with Gasteiger partial charge in [-0.15, -0.1) is 0 Å². The molecule has 0 bridgehead atoms. The maximum absolute atomic E-state index is 14.3. The van der Waals surface area contributed by atoms with Gasteiger partial charge in [-0.2, -0.15) is 0 Å². The summed E-state index contributed by atoms with van der Waals surface area (Å²) in [5, 5.41) is 0. The highest BCUT2D eigenvalue weighted by atomic mass is 19.1. The zero-order valence-corrected chi connectivity index (χ0v) is 17.1. The molecule has 0 saturated carbocycles. The zero-order valence-electron chi connectivity index (χ0n) is 17.1. The summed E-state index contributed by atoms with van der Waals surface area (Å²) in [6.45, 7) is 4.32. The molecule has 0 radical (unpaired) electrons. The Balaban J connectivity index is 1.86. The minimum absolute atomic E-state index is 0.135. The van der Waals surface area contributed by atoms with Crippen LogP contribution in [0.1, 0.15) is 70.8 Å². The summed E-state index contributed by atoms with van der Waals surface area (Å²) >= 11 is 0. The summed E-state index contributed by atoms with van der Waals surface area (Å²) in [5.74, 6) is 0.148. The predicted molar refractivity (Wildman–Crippen MR) is 110 cm³/mol. The van der Waals surface area contributed by atoms with Crippen LogP contribution in [0.25, 0.3) is 11.4 Å². The van der Waals surface area contributed by atoms with Crippen molar-refractivity contribution in [1.82, 2.24) is 9.97 Å². The van der Waals surface area contributed by atoms with Crippen molar-refractivity contribution in [1.29, 1.82) is 0 Å². The van der Waals surface area contributed by atoms with Crippen LogP contribution in [0.15, 0.2) is 30.6 Å². The number of nitrogens with zero attached hydrogens (tertiary/aromatic N) is 2. The standard InChI is InChI=1S/C23H32F2N2O/c1-3-5-6-7-8-10-18-16-26-23(27-17-18)19-11-12-22(21(25)15-19)28-14-13-20(24)9-4-2/h11-12,15-17,20H,3-10,13-14H2,1-2H3. The van der Waals surface area contributed by atoms with Crippen LogP contribution < -0.4 is 4.74 Å². The Morgan fingerprint density at radius 3 is 2.39 bits per heavy atom. The molecule has 154 valence electrons. The van der Waals surface area contributed by atoms with Crippen molar-refractivity contribution in [3.63, 3.8) is 0 Å². The van der Waals surface area contributed by atoms with Gasteiger partial charge in [0.05, 0.1) is 6.61 Å². The van der Waals surface area contributed by atoms with Crippen LogP contribution in [-0.2, 0) is 6.42 Å². The lowest BCUT2D eigenvalue weighted by molar-refractivity contribution is 0.220. The fourth-order valence-electron chi connectivity index (χ4n) is 3.08. The number of aromatic nitrogens is 2. The number of aryl methyl sites for hydroxylation is 1. The van der Waals surface area contributed by atoms with Gasteiger partial charge in [0, 0.05) is 24.4 Å². The van der Waals surface area contributed by atoms with Crippen LogP contribution in [0.3, 0.4) is 0 Å². The van der Waals surface area contributed by atoms with Crippen LogP contribution >= 0.6 is 0 Å². The number of alkyl halides is 1. The fraction of sp³-hybridized carbons (Fsp3) is 0.565. The molecule has 0 aliphatic carbocycles. The molecule has 28 heavy (non-hydrogen) atoms. The summed E-state index contributed by atoms with van der Waals surface area (Å²) in [5.41, 5.74) is 1.71. The third kappa shape index (κ3) is 7.53. The topological polar surface area (TPSA) is 35.0 Å². The maximum atomic E-state index is 14.3.